The second kappa shape index (κ2) is 6.74. The summed E-state index contributed by atoms with van der Waals surface area (Å²) < 4.78 is 26.5. The molecule has 3 nitrogen and oxygen atoms in total. The lowest BCUT2D eigenvalue weighted by molar-refractivity contribution is 0.104. The lowest BCUT2D eigenvalue weighted by atomic mass is 10.1. The molecule has 0 saturated heterocycles. The van der Waals surface area contributed by atoms with Crippen molar-refractivity contribution in [1.82, 2.24) is 9.88 Å². The average molecular weight is 292 g/mol. The molecule has 2 unspecified atom stereocenters. The van der Waals surface area contributed by atoms with Crippen molar-refractivity contribution in [2.75, 3.05) is 13.6 Å². The van der Waals surface area contributed by atoms with Gasteiger partial charge in [-0.15, -0.1) is 0 Å². The van der Waals surface area contributed by atoms with Gasteiger partial charge in [-0.1, -0.05) is 12.1 Å². The molecule has 2 aromatic rings. The van der Waals surface area contributed by atoms with Crippen LogP contribution in [0.15, 0.2) is 42.6 Å². The van der Waals surface area contributed by atoms with E-state index in [0.29, 0.717) is 0 Å². The van der Waals surface area contributed by atoms with E-state index in [4.69, 9.17) is 0 Å². The molecular weight excluding hydrogens is 274 g/mol. The number of rotatable bonds is 5. The van der Waals surface area contributed by atoms with Crippen molar-refractivity contribution in [1.29, 1.82) is 0 Å². The molecule has 0 bridgehead atoms. The van der Waals surface area contributed by atoms with Gasteiger partial charge >= 0.3 is 0 Å². The minimum absolute atomic E-state index is 0.0237. The summed E-state index contributed by atoms with van der Waals surface area (Å²) in [5.41, 5.74) is 0.961. The lowest BCUT2D eigenvalue weighted by Gasteiger charge is -2.26. The molecule has 21 heavy (non-hydrogen) atoms. The summed E-state index contributed by atoms with van der Waals surface area (Å²) in [7, 11) is 1.82. The fraction of sp³-hybridized carbons (Fsp3) is 0.312. The molecule has 1 aromatic carbocycles. The first kappa shape index (κ1) is 15.5. The number of halogens is 2. The van der Waals surface area contributed by atoms with Gasteiger partial charge in [-0.05, 0) is 32.2 Å². The summed E-state index contributed by atoms with van der Waals surface area (Å²) >= 11 is 0. The zero-order valence-corrected chi connectivity index (χ0v) is 12.0. The maximum Gasteiger partial charge on any atom is 0.131 e. The van der Waals surface area contributed by atoms with Crippen LogP contribution in [-0.4, -0.2) is 28.6 Å². The molecule has 5 heteroatoms. The van der Waals surface area contributed by atoms with Crippen LogP contribution in [-0.2, 0) is 0 Å². The second-order valence-corrected chi connectivity index (χ2v) is 5.05. The second-order valence-electron chi connectivity index (χ2n) is 5.05. The van der Waals surface area contributed by atoms with E-state index in [2.05, 4.69) is 4.98 Å². The van der Waals surface area contributed by atoms with Crippen molar-refractivity contribution in [2.24, 2.45) is 0 Å². The molecule has 0 saturated carbocycles. The molecule has 0 fully saturated rings. The third kappa shape index (κ3) is 3.83. The fourth-order valence-corrected chi connectivity index (χ4v) is 2.15. The third-order valence-electron chi connectivity index (χ3n) is 3.56. The number of nitrogens with zero attached hydrogens (tertiary/aromatic N) is 2. The Balaban J connectivity index is 2.06. The Labute approximate surface area is 122 Å². The Morgan fingerprint density at radius 3 is 2.62 bits per heavy atom. The highest BCUT2D eigenvalue weighted by Gasteiger charge is 2.19. The third-order valence-corrected chi connectivity index (χ3v) is 3.56. The van der Waals surface area contributed by atoms with Crippen molar-refractivity contribution >= 4 is 0 Å². The van der Waals surface area contributed by atoms with Crippen LogP contribution in [0.4, 0.5) is 8.78 Å². The quantitative estimate of drug-likeness (QED) is 0.920. The largest absolute Gasteiger partial charge is 0.387 e. The molecule has 1 aromatic heterocycles. The van der Waals surface area contributed by atoms with Crippen molar-refractivity contribution in [3.63, 3.8) is 0 Å². The number of pyridine rings is 1. The van der Waals surface area contributed by atoms with Gasteiger partial charge in [0, 0.05) is 30.4 Å². The van der Waals surface area contributed by atoms with Crippen molar-refractivity contribution < 1.29 is 13.9 Å². The molecule has 0 aliphatic carbocycles. The van der Waals surface area contributed by atoms with Gasteiger partial charge in [0.15, 0.2) is 0 Å². The minimum atomic E-state index is -1.03. The topological polar surface area (TPSA) is 36.4 Å². The number of benzene rings is 1. The summed E-state index contributed by atoms with van der Waals surface area (Å²) in [5, 5.41) is 10.1. The van der Waals surface area contributed by atoms with E-state index in [0.717, 1.165) is 17.8 Å². The fourth-order valence-electron chi connectivity index (χ4n) is 2.15. The van der Waals surface area contributed by atoms with Crippen LogP contribution in [0, 0.1) is 11.6 Å². The van der Waals surface area contributed by atoms with Crippen molar-refractivity contribution in [3.8, 4) is 0 Å². The molecule has 112 valence electrons. The van der Waals surface area contributed by atoms with Crippen molar-refractivity contribution in [2.45, 2.75) is 19.1 Å². The highest BCUT2D eigenvalue weighted by atomic mass is 19.1. The molecule has 0 amide bonds. The van der Waals surface area contributed by atoms with E-state index >= 15 is 0 Å². The van der Waals surface area contributed by atoms with Crippen LogP contribution in [0.5, 0.6) is 0 Å². The summed E-state index contributed by atoms with van der Waals surface area (Å²) in [5.74, 6) is -1.39. The van der Waals surface area contributed by atoms with E-state index in [1.165, 1.54) is 6.07 Å². The number of likely N-dealkylation sites (N-methyl/N-ethyl adjacent to an activating group) is 1. The van der Waals surface area contributed by atoms with Gasteiger partial charge in [0.05, 0.1) is 11.8 Å². The monoisotopic (exact) mass is 292 g/mol. The SMILES string of the molecule is CC(c1ccccn1)N(C)CC(O)c1ccc(F)cc1F. The van der Waals surface area contributed by atoms with Crippen LogP contribution in [0.25, 0.3) is 0 Å². The van der Waals surface area contributed by atoms with Gasteiger partial charge < -0.3 is 5.11 Å². The zero-order valence-electron chi connectivity index (χ0n) is 12.0. The molecule has 0 radical (unpaired) electrons. The average Bonchev–Trinajstić information content (AvgIpc) is 2.47. The molecule has 2 rings (SSSR count). The summed E-state index contributed by atoms with van der Waals surface area (Å²) in [6.45, 7) is 2.18. The predicted molar refractivity (Wildman–Crippen MR) is 76.6 cm³/mol. The maximum absolute atomic E-state index is 13.6. The summed E-state index contributed by atoms with van der Waals surface area (Å²) in [4.78, 5) is 6.13. The molecule has 0 aliphatic heterocycles. The van der Waals surface area contributed by atoms with E-state index in [-0.39, 0.29) is 18.2 Å². The molecule has 0 spiro atoms. The van der Waals surface area contributed by atoms with Gasteiger partial charge in [0.25, 0.3) is 0 Å². The van der Waals surface area contributed by atoms with Crippen molar-refractivity contribution in [3.05, 3.63) is 65.5 Å². The normalized spacial score (nSPS) is 14.2. The Hall–Kier alpha value is -1.85. The zero-order chi connectivity index (χ0) is 15.4. The van der Waals surface area contributed by atoms with E-state index in [9.17, 15) is 13.9 Å². The number of aliphatic hydroxyl groups excluding tert-OH is 1. The van der Waals surface area contributed by atoms with E-state index in [1.54, 1.807) is 6.20 Å². The Morgan fingerprint density at radius 2 is 2.00 bits per heavy atom. The molecule has 0 aliphatic rings. The number of hydrogen-bond donors (Lipinski definition) is 1. The van der Waals surface area contributed by atoms with Crippen LogP contribution >= 0.6 is 0 Å². The van der Waals surface area contributed by atoms with Crippen LogP contribution in [0.1, 0.15) is 30.3 Å². The Kier molecular flexibility index (Phi) is 4.98. The van der Waals surface area contributed by atoms with E-state index < -0.39 is 17.7 Å². The highest BCUT2D eigenvalue weighted by Crippen LogP contribution is 2.22. The standard InChI is InChI=1S/C16H18F2N2O/c1-11(15-5-3-4-8-19-15)20(2)10-16(21)13-7-6-12(17)9-14(13)18/h3-9,11,16,21H,10H2,1-2H3. The number of aliphatic hydroxyl groups is 1. The van der Waals surface area contributed by atoms with Gasteiger partial charge in [-0.2, -0.15) is 0 Å². The number of hydrogen-bond acceptors (Lipinski definition) is 3. The number of aromatic nitrogens is 1. The predicted octanol–water partition coefficient (Wildman–Crippen LogP) is 3.09. The van der Waals surface area contributed by atoms with Gasteiger partial charge in [-0.3, -0.25) is 9.88 Å². The smallest absolute Gasteiger partial charge is 0.131 e. The lowest BCUT2D eigenvalue weighted by Crippen LogP contribution is -2.28. The maximum atomic E-state index is 13.6. The molecule has 1 heterocycles. The van der Waals surface area contributed by atoms with Crippen LogP contribution < -0.4 is 0 Å². The molecule has 2 atom stereocenters. The minimum Gasteiger partial charge on any atom is -0.387 e. The first-order valence-corrected chi connectivity index (χ1v) is 6.73. The van der Waals surface area contributed by atoms with Gasteiger partial charge in [0.2, 0.25) is 0 Å². The van der Waals surface area contributed by atoms with E-state index in [1.807, 2.05) is 37.1 Å². The van der Waals surface area contributed by atoms with Gasteiger partial charge in [-0.25, -0.2) is 8.78 Å². The highest BCUT2D eigenvalue weighted by molar-refractivity contribution is 5.21. The summed E-state index contributed by atoms with van der Waals surface area (Å²) in [6.07, 6.45) is 0.678. The Bertz CT molecular complexity index is 592. The molecule has 1 N–H and O–H groups in total. The molecular formula is C16H18F2N2O. The van der Waals surface area contributed by atoms with Crippen LogP contribution in [0.2, 0.25) is 0 Å². The first-order valence-electron chi connectivity index (χ1n) is 6.73. The Morgan fingerprint density at radius 1 is 1.24 bits per heavy atom. The summed E-state index contributed by atoms with van der Waals surface area (Å²) in [6, 6.07) is 8.79. The first-order chi connectivity index (χ1) is 9.99. The van der Waals surface area contributed by atoms with Crippen LogP contribution in [0.3, 0.4) is 0 Å². The van der Waals surface area contributed by atoms with Gasteiger partial charge in [0.1, 0.15) is 11.6 Å².